The Kier molecular flexibility index (Phi) is 4.98. The molecule has 0 unspecified atom stereocenters. The van der Waals surface area contributed by atoms with E-state index >= 15 is 0 Å². The van der Waals surface area contributed by atoms with E-state index in [1.165, 1.54) is 23.1 Å². The first kappa shape index (κ1) is 16.4. The average molecular weight is 413 g/mol. The lowest BCUT2D eigenvalue weighted by molar-refractivity contribution is -0.113. The van der Waals surface area contributed by atoms with Crippen molar-refractivity contribution >= 4 is 60.3 Å². The first-order valence-electron chi connectivity index (χ1n) is 6.83. The summed E-state index contributed by atoms with van der Waals surface area (Å²) in [6, 6.07) is 5.81. The number of hydrogen-bond donors (Lipinski definition) is 1. The minimum atomic E-state index is -0.155. The quantitative estimate of drug-likeness (QED) is 0.629. The maximum atomic E-state index is 12.0. The number of amides is 1. The van der Waals surface area contributed by atoms with Gasteiger partial charge in [-0.1, -0.05) is 52.9 Å². The third-order valence-corrected chi connectivity index (χ3v) is 5.08. The summed E-state index contributed by atoms with van der Waals surface area (Å²) < 4.78 is 7.45. The topological polar surface area (TPSA) is 80.9 Å². The highest BCUT2D eigenvalue weighted by atomic mass is 79.9. The molecule has 3 rings (SSSR count). The summed E-state index contributed by atoms with van der Waals surface area (Å²) >= 11 is 6.07. The normalized spacial score (nSPS) is 11.3. The van der Waals surface area contributed by atoms with Crippen LogP contribution in [-0.2, 0) is 4.79 Å². The van der Waals surface area contributed by atoms with Crippen LogP contribution in [-0.4, -0.2) is 26.8 Å². The van der Waals surface area contributed by atoms with Crippen molar-refractivity contribution in [3.63, 3.8) is 0 Å². The lowest BCUT2D eigenvalue weighted by Gasteiger charge is -1.98. The smallest absolute Gasteiger partial charge is 0.277 e. The predicted molar refractivity (Wildman–Crippen MR) is 95.1 cm³/mol. The number of carbonyl (C=O) groups is 1. The van der Waals surface area contributed by atoms with Crippen molar-refractivity contribution in [3.8, 4) is 0 Å². The predicted octanol–water partition coefficient (Wildman–Crippen LogP) is 4.30. The molecule has 0 radical (unpaired) electrons. The number of aromatic nitrogens is 3. The molecule has 6 nitrogen and oxygen atoms in total. The first-order valence-corrected chi connectivity index (χ1v) is 9.43. The van der Waals surface area contributed by atoms with E-state index < -0.39 is 0 Å². The highest BCUT2D eigenvalue weighted by Crippen LogP contribution is 2.28. The van der Waals surface area contributed by atoms with Crippen LogP contribution in [0.3, 0.4) is 0 Å². The van der Waals surface area contributed by atoms with Crippen molar-refractivity contribution in [3.05, 3.63) is 28.6 Å². The Morgan fingerprint density at radius 1 is 1.43 bits per heavy atom. The lowest BCUT2D eigenvalue weighted by atomic mass is 10.2. The van der Waals surface area contributed by atoms with Crippen molar-refractivity contribution < 1.29 is 9.21 Å². The summed E-state index contributed by atoms with van der Waals surface area (Å²) in [7, 11) is 0. The Hall–Kier alpha value is -1.45. The molecule has 0 saturated carbocycles. The molecule has 0 aliphatic carbocycles. The highest BCUT2D eigenvalue weighted by Gasteiger charge is 2.13. The molecule has 2 heterocycles. The highest BCUT2D eigenvalue weighted by molar-refractivity contribution is 9.10. The number of anilines is 1. The molecule has 0 atom stereocenters. The fourth-order valence-electron chi connectivity index (χ4n) is 1.75. The molecule has 0 aliphatic heterocycles. The first-order chi connectivity index (χ1) is 11.0. The van der Waals surface area contributed by atoms with E-state index in [9.17, 15) is 4.79 Å². The number of halogens is 1. The van der Waals surface area contributed by atoms with Crippen LogP contribution in [0.2, 0.25) is 0 Å². The molecule has 0 saturated heterocycles. The SMILES string of the molecule is CC(C)c1nnc(SCC(=O)Nc2nc3ccc(Br)cc3s2)o1. The standard InChI is InChI=1S/C14H13BrN4O2S2/c1-7(2)12-18-19-14(21-12)22-6-11(20)17-13-16-9-4-3-8(15)5-10(9)23-13/h3-5,7H,6H2,1-2H3,(H,16,17,20). The number of thiazole rings is 1. The molecular weight excluding hydrogens is 400 g/mol. The van der Waals surface area contributed by atoms with Gasteiger partial charge in [-0.05, 0) is 18.2 Å². The van der Waals surface area contributed by atoms with Crippen LogP contribution in [0, 0.1) is 0 Å². The number of carbonyl (C=O) groups excluding carboxylic acids is 1. The summed E-state index contributed by atoms with van der Waals surface area (Å²) in [6.45, 7) is 3.94. The lowest BCUT2D eigenvalue weighted by Crippen LogP contribution is -2.13. The van der Waals surface area contributed by atoms with E-state index in [0.29, 0.717) is 16.2 Å². The van der Waals surface area contributed by atoms with Crippen LogP contribution < -0.4 is 5.32 Å². The summed E-state index contributed by atoms with van der Waals surface area (Å²) in [5, 5.41) is 11.6. The van der Waals surface area contributed by atoms with Crippen LogP contribution in [0.1, 0.15) is 25.7 Å². The van der Waals surface area contributed by atoms with Gasteiger partial charge in [-0.25, -0.2) is 4.98 Å². The number of nitrogens with one attached hydrogen (secondary N) is 1. The fourth-order valence-corrected chi connectivity index (χ4v) is 3.75. The average Bonchev–Trinajstić information content (AvgIpc) is 3.10. The van der Waals surface area contributed by atoms with Crippen molar-refractivity contribution in [2.75, 3.05) is 11.1 Å². The fraction of sp³-hybridized carbons (Fsp3) is 0.286. The molecule has 1 aromatic carbocycles. The molecule has 0 spiro atoms. The Balaban J connectivity index is 1.59. The number of thioether (sulfide) groups is 1. The third kappa shape index (κ3) is 4.10. The molecule has 1 N–H and O–H groups in total. The third-order valence-electron chi connectivity index (χ3n) is 2.84. The van der Waals surface area contributed by atoms with E-state index in [1.807, 2.05) is 32.0 Å². The molecule has 9 heteroatoms. The number of fused-ring (bicyclic) bond motifs is 1. The molecule has 23 heavy (non-hydrogen) atoms. The summed E-state index contributed by atoms with van der Waals surface area (Å²) in [5.74, 6) is 0.786. The Bertz CT molecular complexity index is 846. The Labute approximate surface area is 149 Å². The summed E-state index contributed by atoms with van der Waals surface area (Å²) in [4.78, 5) is 16.4. The second-order valence-electron chi connectivity index (χ2n) is 5.03. The van der Waals surface area contributed by atoms with Crippen molar-refractivity contribution in [1.82, 2.24) is 15.2 Å². The number of rotatable bonds is 5. The molecule has 0 aliphatic rings. The zero-order valence-electron chi connectivity index (χ0n) is 12.4. The minimum absolute atomic E-state index is 0.155. The van der Waals surface area contributed by atoms with E-state index in [1.54, 1.807) is 0 Å². The van der Waals surface area contributed by atoms with Crippen LogP contribution >= 0.6 is 39.0 Å². The summed E-state index contributed by atoms with van der Waals surface area (Å²) in [5.41, 5.74) is 0.861. The maximum Gasteiger partial charge on any atom is 0.277 e. The van der Waals surface area contributed by atoms with Crippen LogP contribution in [0.4, 0.5) is 5.13 Å². The molecule has 2 aromatic heterocycles. The second-order valence-corrected chi connectivity index (χ2v) is 7.90. The monoisotopic (exact) mass is 412 g/mol. The van der Waals surface area contributed by atoms with Gasteiger partial charge >= 0.3 is 0 Å². The van der Waals surface area contributed by atoms with E-state index in [4.69, 9.17) is 4.42 Å². The van der Waals surface area contributed by atoms with Gasteiger partial charge in [0.05, 0.1) is 16.0 Å². The molecule has 120 valence electrons. The van der Waals surface area contributed by atoms with Crippen molar-refractivity contribution in [2.24, 2.45) is 0 Å². The van der Waals surface area contributed by atoms with Gasteiger partial charge in [-0.3, -0.25) is 4.79 Å². The largest absolute Gasteiger partial charge is 0.416 e. The van der Waals surface area contributed by atoms with Gasteiger partial charge in [0.1, 0.15) is 0 Å². The van der Waals surface area contributed by atoms with Gasteiger partial charge in [0, 0.05) is 10.4 Å². The minimum Gasteiger partial charge on any atom is -0.416 e. The Morgan fingerprint density at radius 3 is 3.00 bits per heavy atom. The van der Waals surface area contributed by atoms with Crippen molar-refractivity contribution in [1.29, 1.82) is 0 Å². The van der Waals surface area contributed by atoms with Crippen LogP contribution in [0.25, 0.3) is 10.2 Å². The summed E-state index contributed by atoms with van der Waals surface area (Å²) in [6.07, 6.45) is 0. The van der Waals surface area contributed by atoms with Crippen molar-refractivity contribution in [2.45, 2.75) is 25.0 Å². The van der Waals surface area contributed by atoms with E-state index in [0.717, 1.165) is 14.7 Å². The zero-order chi connectivity index (χ0) is 16.4. The molecular formula is C14H13BrN4O2S2. The van der Waals surface area contributed by atoms with E-state index in [2.05, 4.69) is 36.4 Å². The van der Waals surface area contributed by atoms with Gasteiger partial charge in [0.2, 0.25) is 11.8 Å². The zero-order valence-corrected chi connectivity index (χ0v) is 15.6. The maximum absolute atomic E-state index is 12.0. The number of benzene rings is 1. The van der Waals surface area contributed by atoms with Crippen LogP contribution in [0.5, 0.6) is 0 Å². The molecule has 1 amide bonds. The molecule has 0 fully saturated rings. The van der Waals surface area contributed by atoms with Gasteiger partial charge in [0.15, 0.2) is 5.13 Å². The molecule has 0 bridgehead atoms. The van der Waals surface area contributed by atoms with Crippen LogP contribution in [0.15, 0.2) is 32.3 Å². The van der Waals surface area contributed by atoms with Gasteiger partial charge in [-0.2, -0.15) is 0 Å². The Morgan fingerprint density at radius 2 is 2.26 bits per heavy atom. The van der Waals surface area contributed by atoms with E-state index in [-0.39, 0.29) is 17.6 Å². The second kappa shape index (κ2) is 6.98. The van der Waals surface area contributed by atoms with Gasteiger partial charge in [0.25, 0.3) is 5.22 Å². The molecule has 3 aromatic rings. The number of nitrogens with zero attached hydrogens (tertiary/aromatic N) is 3. The van der Waals surface area contributed by atoms with Gasteiger partial charge < -0.3 is 9.73 Å². The number of hydrogen-bond acceptors (Lipinski definition) is 7. The van der Waals surface area contributed by atoms with Gasteiger partial charge in [-0.15, -0.1) is 10.2 Å².